The molecule has 2 rings (SSSR count). The van der Waals surface area contributed by atoms with Crippen molar-refractivity contribution >= 4 is 17.3 Å². The van der Waals surface area contributed by atoms with Crippen LogP contribution in [0.2, 0.25) is 5.02 Å². The molecule has 1 aromatic carbocycles. The topological polar surface area (TPSA) is 61.7 Å². The first-order chi connectivity index (χ1) is 11.4. The normalized spacial score (nSPS) is 18.0. The summed E-state index contributed by atoms with van der Waals surface area (Å²) in [6.07, 6.45) is 0. The smallest absolute Gasteiger partial charge is 0.269 e. The van der Waals surface area contributed by atoms with E-state index in [0.29, 0.717) is 23.5 Å². The average molecular weight is 355 g/mol. The Morgan fingerprint density at radius 1 is 1.29 bits per heavy atom. The van der Waals surface area contributed by atoms with E-state index in [1.165, 1.54) is 6.07 Å². The molecule has 1 aromatic rings. The van der Waals surface area contributed by atoms with Crippen molar-refractivity contribution < 1.29 is 4.92 Å². The molecule has 1 unspecified atom stereocenters. The van der Waals surface area contributed by atoms with Crippen LogP contribution in [-0.2, 0) is 6.54 Å². The maximum Gasteiger partial charge on any atom is 0.269 e. The predicted molar refractivity (Wildman–Crippen MR) is 97.5 cm³/mol. The molecule has 1 N–H and O–H groups in total. The molecule has 0 spiro atoms. The molecule has 0 radical (unpaired) electrons. The maximum atomic E-state index is 10.9. The van der Waals surface area contributed by atoms with Crippen molar-refractivity contribution in [2.24, 2.45) is 5.92 Å². The van der Waals surface area contributed by atoms with Crippen molar-refractivity contribution in [1.29, 1.82) is 0 Å². The number of nitro groups is 1. The summed E-state index contributed by atoms with van der Waals surface area (Å²) in [5.41, 5.74) is 0.849. The summed E-state index contributed by atoms with van der Waals surface area (Å²) < 4.78 is 0. The molecule has 134 valence electrons. The number of halogens is 1. The number of hydrogen-bond donors (Lipinski definition) is 1. The lowest BCUT2D eigenvalue weighted by Gasteiger charge is -2.40. The Morgan fingerprint density at radius 3 is 2.54 bits per heavy atom. The van der Waals surface area contributed by atoms with Gasteiger partial charge < -0.3 is 10.2 Å². The van der Waals surface area contributed by atoms with E-state index in [9.17, 15) is 10.1 Å². The molecule has 6 nitrogen and oxygen atoms in total. The second-order valence-electron chi connectivity index (χ2n) is 6.81. The lowest BCUT2D eigenvalue weighted by molar-refractivity contribution is -0.384. The van der Waals surface area contributed by atoms with Crippen LogP contribution < -0.4 is 5.32 Å². The van der Waals surface area contributed by atoms with E-state index >= 15 is 0 Å². The van der Waals surface area contributed by atoms with E-state index in [4.69, 9.17) is 11.6 Å². The molecule has 1 fully saturated rings. The SMILES string of the molecule is CC(C)C(CNCc1cc([N+](=O)[O-])ccc1Cl)N1CCN(C)CC1. The Morgan fingerprint density at radius 2 is 1.96 bits per heavy atom. The van der Waals surface area contributed by atoms with E-state index < -0.39 is 0 Å². The molecule has 1 atom stereocenters. The van der Waals surface area contributed by atoms with Crippen molar-refractivity contribution in [3.8, 4) is 0 Å². The largest absolute Gasteiger partial charge is 0.311 e. The van der Waals surface area contributed by atoms with Crippen LogP contribution in [0.5, 0.6) is 0 Å². The van der Waals surface area contributed by atoms with Crippen LogP contribution in [0, 0.1) is 16.0 Å². The Hall–Kier alpha value is -1.21. The van der Waals surface area contributed by atoms with Gasteiger partial charge in [0.05, 0.1) is 4.92 Å². The minimum Gasteiger partial charge on any atom is -0.311 e. The minimum absolute atomic E-state index is 0.0793. The Balaban J connectivity index is 1.93. The second-order valence-corrected chi connectivity index (χ2v) is 7.22. The van der Waals surface area contributed by atoms with Crippen molar-refractivity contribution in [1.82, 2.24) is 15.1 Å². The first-order valence-corrected chi connectivity index (χ1v) is 8.82. The zero-order valence-corrected chi connectivity index (χ0v) is 15.4. The number of hydrogen-bond acceptors (Lipinski definition) is 5. The fourth-order valence-electron chi connectivity index (χ4n) is 3.10. The summed E-state index contributed by atoms with van der Waals surface area (Å²) in [5, 5.41) is 14.9. The molecule has 0 amide bonds. The summed E-state index contributed by atoms with van der Waals surface area (Å²) in [4.78, 5) is 15.4. The van der Waals surface area contributed by atoms with Gasteiger partial charge in [-0.3, -0.25) is 15.0 Å². The standard InChI is InChI=1S/C17H27ClN4O2/c1-13(2)17(21-8-6-20(3)7-9-21)12-19-11-14-10-15(22(23)24)4-5-16(14)18/h4-5,10,13,17,19H,6-9,11-12H2,1-3H3. The van der Waals surface area contributed by atoms with E-state index in [2.05, 4.69) is 36.0 Å². The van der Waals surface area contributed by atoms with Crippen LogP contribution >= 0.6 is 11.6 Å². The van der Waals surface area contributed by atoms with Crippen LogP contribution in [0.3, 0.4) is 0 Å². The van der Waals surface area contributed by atoms with Crippen molar-refractivity contribution in [2.45, 2.75) is 26.4 Å². The Bertz CT molecular complexity index is 560. The number of nitrogens with one attached hydrogen (secondary N) is 1. The van der Waals surface area contributed by atoms with Crippen molar-refractivity contribution in [2.75, 3.05) is 39.8 Å². The van der Waals surface area contributed by atoms with Crippen LogP contribution in [0.1, 0.15) is 19.4 Å². The Labute approximate surface area is 148 Å². The number of benzene rings is 1. The third kappa shape index (κ3) is 5.14. The molecule has 24 heavy (non-hydrogen) atoms. The highest BCUT2D eigenvalue weighted by molar-refractivity contribution is 6.31. The Kier molecular flexibility index (Phi) is 6.98. The van der Waals surface area contributed by atoms with Crippen LogP contribution in [0.15, 0.2) is 18.2 Å². The van der Waals surface area contributed by atoms with Gasteiger partial charge in [0.2, 0.25) is 0 Å². The van der Waals surface area contributed by atoms with Crippen molar-refractivity contribution in [3.63, 3.8) is 0 Å². The molecule has 7 heteroatoms. The fraction of sp³-hybridized carbons (Fsp3) is 0.647. The average Bonchev–Trinajstić information content (AvgIpc) is 2.53. The van der Waals surface area contributed by atoms with Gasteiger partial charge in [-0.15, -0.1) is 0 Å². The molecule has 0 bridgehead atoms. The number of nitrogens with zero attached hydrogens (tertiary/aromatic N) is 3. The zero-order chi connectivity index (χ0) is 17.7. The number of likely N-dealkylation sites (N-methyl/N-ethyl adjacent to an activating group) is 1. The first kappa shape index (κ1) is 19.1. The molecule has 1 heterocycles. The highest BCUT2D eigenvalue weighted by Crippen LogP contribution is 2.22. The van der Waals surface area contributed by atoms with E-state index in [-0.39, 0.29) is 10.6 Å². The lowest BCUT2D eigenvalue weighted by atomic mass is 10.0. The quantitative estimate of drug-likeness (QED) is 0.602. The minimum atomic E-state index is -0.388. The second kappa shape index (κ2) is 8.76. The van der Waals surface area contributed by atoms with Gasteiger partial charge in [-0.1, -0.05) is 25.4 Å². The molecule has 0 aromatic heterocycles. The summed E-state index contributed by atoms with van der Waals surface area (Å²) in [6, 6.07) is 5.04. The molecule has 0 saturated carbocycles. The number of piperazine rings is 1. The third-order valence-electron chi connectivity index (χ3n) is 4.69. The van der Waals surface area contributed by atoms with Gasteiger partial charge in [0.1, 0.15) is 0 Å². The summed E-state index contributed by atoms with van der Waals surface area (Å²) >= 11 is 6.16. The molecular formula is C17H27ClN4O2. The van der Waals surface area contributed by atoms with E-state index in [1.807, 2.05) is 0 Å². The van der Waals surface area contributed by atoms with E-state index in [0.717, 1.165) is 38.3 Å². The number of non-ortho nitro benzene ring substituents is 1. The predicted octanol–water partition coefficient (Wildman–Crippen LogP) is 2.61. The monoisotopic (exact) mass is 354 g/mol. The molecule has 1 aliphatic rings. The van der Waals surface area contributed by atoms with Gasteiger partial charge in [0.15, 0.2) is 0 Å². The highest BCUT2D eigenvalue weighted by Gasteiger charge is 2.24. The number of rotatable bonds is 7. The highest BCUT2D eigenvalue weighted by atomic mass is 35.5. The maximum absolute atomic E-state index is 10.9. The number of nitro benzene ring substituents is 1. The molecule has 0 aliphatic carbocycles. The van der Waals surface area contributed by atoms with Crippen LogP contribution in [-0.4, -0.2) is 60.5 Å². The zero-order valence-electron chi connectivity index (χ0n) is 14.7. The van der Waals surface area contributed by atoms with E-state index in [1.54, 1.807) is 12.1 Å². The summed E-state index contributed by atoms with van der Waals surface area (Å²) in [5.74, 6) is 0.543. The van der Waals surface area contributed by atoms with Gasteiger partial charge in [0, 0.05) is 62.5 Å². The molecule has 1 aliphatic heterocycles. The van der Waals surface area contributed by atoms with Gasteiger partial charge >= 0.3 is 0 Å². The van der Waals surface area contributed by atoms with Gasteiger partial charge in [-0.25, -0.2) is 0 Å². The van der Waals surface area contributed by atoms with Gasteiger partial charge in [0.25, 0.3) is 5.69 Å². The molecule has 1 saturated heterocycles. The fourth-order valence-corrected chi connectivity index (χ4v) is 3.29. The van der Waals surface area contributed by atoms with Crippen LogP contribution in [0.25, 0.3) is 0 Å². The summed E-state index contributed by atoms with van der Waals surface area (Å²) in [7, 11) is 2.16. The van der Waals surface area contributed by atoms with Crippen LogP contribution in [0.4, 0.5) is 5.69 Å². The molecular weight excluding hydrogens is 328 g/mol. The summed E-state index contributed by atoms with van der Waals surface area (Å²) in [6.45, 7) is 10.2. The van der Waals surface area contributed by atoms with Gasteiger partial charge in [-0.05, 0) is 24.6 Å². The lowest BCUT2D eigenvalue weighted by Crippen LogP contribution is -2.53. The van der Waals surface area contributed by atoms with Gasteiger partial charge in [-0.2, -0.15) is 0 Å². The third-order valence-corrected chi connectivity index (χ3v) is 5.05. The first-order valence-electron chi connectivity index (χ1n) is 8.44. The van der Waals surface area contributed by atoms with Crippen molar-refractivity contribution in [3.05, 3.63) is 38.9 Å².